The van der Waals surface area contributed by atoms with E-state index in [1.54, 1.807) is 11.8 Å². The molecule has 0 unspecified atom stereocenters. The quantitative estimate of drug-likeness (QED) is 0.295. The predicted octanol–water partition coefficient (Wildman–Crippen LogP) is 3.03. The van der Waals surface area contributed by atoms with E-state index in [0.29, 0.717) is 0 Å². The highest BCUT2D eigenvalue weighted by Gasteiger charge is 1.96. The highest BCUT2D eigenvalue weighted by Crippen LogP contribution is 2.20. The molecule has 0 bridgehead atoms. The van der Waals surface area contributed by atoms with Crippen LogP contribution in [-0.2, 0) is 0 Å². The first-order valence-electron chi connectivity index (χ1n) is 4.49. The van der Waals surface area contributed by atoms with Gasteiger partial charge in [-0.15, -0.1) is 11.8 Å². The molecule has 0 heterocycles. The van der Waals surface area contributed by atoms with Crippen molar-refractivity contribution >= 4 is 44.8 Å². The number of thioether (sulfide) groups is 1. The third-order valence-corrected chi connectivity index (χ3v) is 3.52. The van der Waals surface area contributed by atoms with Crippen LogP contribution in [0.15, 0.2) is 38.7 Å². The van der Waals surface area contributed by atoms with Gasteiger partial charge in [0.1, 0.15) is 0 Å². The van der Waals surface area contributed by atoms with Crippen molar-refractivity contribution in [1.82, 2.24) is 5.43 Å². The van der Waals surface area contributed by atoms with E-state index in [9.17, 15) is 0 Å². The Hall–Kier alpha value is -0.520. The highest BCUT2D eigenvalue weighted by molar-refractivity contribution is 9.10. The molecule has 0 aliphatic carbocycles. The molecule has 0 aliphatic heterocycles. The van der Waals surface area contributed by atoms with Crippen molar-refractivity contribution in [3.05, 3.63) is 28.7 Å². The lowest BCUT2D eigenvalue weighted by Gasteiger charge is -2.01. The summed E-state index contributed by atoms with van der Waals surface area (Å²) in [5.41, 5.74) is 3.63. The Balaban J connectivity index is 2.41. The van der Waals surface area contributed by atoms with Gasteiger partial charge in [-0.2, -0.15) is 5.10 Å². The highest BCUT2D eigenvalue weighted by atomic mass is 79.9. The number of hydrogen-bond acceptors (Lipinski definition) is 4. The zero-order valence-corrected chi connectivity index (χ0v) is 12.0. The van der Waals surface area contributed by atoms with Crippen LogP contribution in [0.2, 0.25) is 0 Å². The van der Waals surface area contributed by atoms with Gasteiger partial charge in [-0.05, 0) is 42.5 Å². The Morgan fingerprint density at radius 2 is 2.19 bits per heavy atom. The van der Waals surface area contributed by atoms with Gasteiger partial charge in [-0.1, -0.05) is 15.9 Å². The fourth-order valence-electron chi connectivity index (χ4n) is 0.895. The maximum atomic E-state index is 5.16. The standard InChI is InChI=1S/C10H12BrN3S2/c1-8(14-13-7-16-12)6-15-10-4-2-9(11)3-5-10/h2-5,13H,6,12H2,1H3/b14-8+. The summed E-state index contributed by atoms with van der Waals surface area (Å²) in [7, 11) is 0. The van der Waals surface area contributed by atoms with Crippen LogP contribution in [0.25, 0.3) is 0 Å². The van der Waals surface area contributed by atoms with Crippen LogP contribution in [0, 0.1) is 5.31 Å². The van der Waals surface area contributed by atoms with E-state index in [-0.39, 0.29) is 0 Å². The van der Waals surface area contributed by atoms with Gasteiger partial charge in [0, 0.05) is 20.8 Å². The number of nitrogens with one attached hydrogen (secondary N) is 1. The third-order valence-electron chi connectivity index (χ3n) is 1.61. The van der Waals surface area contributed by atoms with Crippen LogP contribution in [-0.4, -0.2) is 11.5 Å². The van der Waals surface area contributed by atoms with E-state index in [2.05, 4.69) is 43.9 Å². The largest absolute Gasteiger partial charge is 0.251 e. The average Bonchev–Trinajstić information content (AvgIpc) is 2.29. The first-order chi connectivity index (χ1) is 7.72. The lowest BCUT2D eigenvalue weighted by Crippen LogP contribution is -2.03. The van der Waals surface area contributed by atoms with Crippen LogP contribution in [0.1, 0.15) is 6.92 Å². The summed E-state index contributed by atoms with van der Waals surface area (Å²) in [6.07, 6.45) is 0. The zero-order valence-electron chi connectivity index (χ0n) is 8.74. The van der Waals surface area contributed by atoms with E-state index >= 15 is 0 Å². The third kappa shape index (κ3) is 5.53. The topological polar surface area (TPSA) is 50.4 Å². The van der Waals surface area contributed by atoms with Crippen molar-refractivity contribution in [2.75, 3.05) is 5.75 Å². The van der Waals surface area contributed by atoms with Crippen LogP contribution < -0.4 is 10.6 Å². The Labute approximate surface area is 112 Å². The molecule has 0 atom stereocenters. The molecule has 6 heteroatoms. The van der Waals surface area contributed by atoms with Gasteiger partial charge in [-0.3, -0.25) is 5.14 Å². The Morgan fingerprint density at radius 1 is 1.50 bits per heavy atom. The molecule has 3 N–H and O–H groups in total. The summed E-state index contributed by atoms with van der Waals surface area (Å²) in [6.45, 7) is 1.96. The molecule has 1 aromatic rings. The van der Waals surface area contributed by atoms with Crippen molar-refractivity contribution in [2.45, 2.75) is 11.8 Å². The second-order valence-corrected chi connectivity index (χ2v) is 5.33. The lowest BCUT2D eigenvalue weighted by atomic mass is 10.4. The second kappa shape index (κ2) is 7.70. The number of nitrogens with zero attached hydrogens (tertiary/aromatic N) is 1. The summed E-state index contributed by atoms with van der Waals surface area (Å²) >= 11 is 6.12. The fraction of sp³-hybridized carbons (Fsp3) is 0.200. The van der Waals surface area contributed by atoms with Crippen molar-refractivity contribution in [2.24, 2.45) is 10.2 Å². The van der Waals surface area contributed by atoms with E-state index in [1.807, 2.05) is 19.1 Å². The fourth-order valence-corrected chi connectivity index (χ4v) is 2.03. The number of rotatable bonds is 4. The van der Waals surface area contributed by atoms with E-state index in [1.165, 1.54) is 4.90 Å². The molecular weight excluding hydrogens is 306 g/mol. The van der Waals surface area contributed by atoms with Crippen LogP contribution in [0.5, 0.6) is 0 Å². The van der Waals surface area contributed by atoms with E-state index < -0.39 is 0 Å². The molecule has 86 valence electrons. The van der Waals surface area contributed by atoms with Crippen molar-refractivity contribution in [3.8, 4) is 5.31 Å². The minimum Gasteiger partial charge on any atom is -0.251 e. The molecule has 16 heavy (non-hydrogen) atoms. The van der Waals surface area contributed by atoms with E-state index in [0.717, 1.165) is 27.3 Å². The maximum Gasteiger partial charge on any atom is 0.0568 e. The number of benzene rings is 1. The van der Waals surface area contributed by atoms with Gasteiger partial charge in [-0.25, -0.2) is 5.43 Å². The van der Waals surface area contributed by atoms with Crippen molar-refractivity contribution in [1.29, 1.82) is 0 Å². The smallest absolute Gasteiger partial charge is 0.0568 e. The summed E-state index contributed by atoms with van der Waals surface area (Å²) in [4.78, 5) is 1.22. The number of nitrogens with two attached hydrogens (primary N) is 1. The Morgan fingerprint density at radius 3 is 2.81 bits per heavy atom. The van der Waals surface area contributed by atoms with Gasteiger partial charge in [0.15, 0.2) is 0 Å². The monoisotopic (exact) mass is 317 g/mol. The van der Waals surface area contributed by atoms with Gasteiger partial charge in [0.2, 0.25) is 0 Å². The van der Waals surface area contributed by atoms with Gasteiger partial charge in [0.05, 0.1) is 5.31 Å². The van der Waals surface area contributed by atoms with Gasteiger partial charge in [0.25, 0.3) is 0 Å². The number of hydrazone groups is 1. The molecule has 0 saturated heterocycles. The zero-order chi connectivity index (χ0) is 11.8. The molecule has 0 fully saturated rings. The molecule has 0 aliphatic rings. The maximum absolute atomic E-state index is 5.16. The van der Waals surface area contributed by atoms with Crippen molar-refractivity contribution in [3.63, 3.8) is 0 Å². The minimum absolute atomic E-state index is 0.839. The SMILES string of the molecule is C/C(CSc1ccc(Br)cc1)=N\NC#SN. The molecule has 1 aromatic carbocycles. The summed E-state index contributed by atoms with van der Waals surface area (Å²) in [5, 5.41) is 11.9. The summed E-state index contributed by atoms with van der Waals surface area (Å²) in [6, 6.07) is 8.20. The summed E-state index contributed by atoms with van der Waals surface area (Å²) in [5.74, 6) is 0.839. The Kier molecular flexibility index (Phi) is 6.52. The van der Waals surface area contributed by atoms with Gasteiger partial charge < -0.3 is 0 Å². The molecule has 0 radical (unpaired) electrons. The van der Waals surface area contributed by atoms with Crippen LogP contribution in [0.3, 0.4) is 0 Å². The van der Waals surface area contributed by atoms with Gasteiger partial charge >= 0.3 is 0 Å². The van der Waals surface area contributed by atoms with Crippen LogP contribution >= 0.6 is 39.0 Å². The molecule has 0 saturated carbocycles. The first-order valence-corrected chi connectivity index (χ1v) is 7.15. The van der Waals surface area contributed by atoms with Crippen molar-refractivity contribution < 1.29 is 0 Å². The van der Waals surface area contributed by atoms with Crippen LogP contribution in [0.4, 0.5) is 0 Å². The molecule has 0 aromatic heterocycles. The molecule has 1 rings (SSSR count). The number of halogens is 1. The average molecular weight is 318 g/mol. The molecule has 3 nitrogen and oxygen atoms in total. The normalized spacial score (nSPS) is 10.8. The summed E-state index contributed by atoms with van der Waals surface area (Å²) < 4.78 is 1.09. The minimum atomic E-state index is 0.839. The van der Waals surface area contributed by atoms with E-state index in [4.69, 9.17) is 5.14 Å². The first kappa shape index (κ1) is 13.5. The molecular formula is C10H12BrN3S2. The molecule has 0 amide bonds. The number of hydrogen-bond donors (Lipinski definition) is 2. The lowest BCUT2D eigenvalue weighted by molar-refractivity contribution is 1.01. The second-order valence-electron chi connectivity index (χ2n) is 2.92. The predicted molar refractivity (Wildman–Crippen MR) is 76.8 cm³/mol. The molecule has 0 spiro atoms. The Bertz CT molecular complexity index is 420.